The zero-order valence-electron chi connectivity index (χ0n) is 13.2. The lowest BCUT2D eigenvalue weighted by Gasteiger charge is -2.31. The van der Waals surface area contributed by atoms with Crippen molar-refractivity contribution >= 4 is 10.9 Å². The lowest BCUT2D eigenvalue weighted by atomic mass is 10.1. The molecule has 120 valence electrons. The number of hydrogen-bond donors (Lipinski definition) is 1. The highest BCUT2D eigenvalue weighted by atomic mass is 16.5. The molecule has 0 aliphatic carbocycles. The number of aromatic amines is 1. The molecule has 1 aliphatic rings. The number of H-pyrrole nitrogens is 1. The van der Waals surface area contributed by atoms with Crippen molar-refractivity contribution < 1.29 is 9.26 Å². The largest absolute Gasteiger partial charge is 0.490 e. The highest BCUT2D eigenvalue weighted by molar-refractivity contribution is 5.85. The van der Waals surface area contributed by atoms with Gasteiger partial charge in [0.05, 0.1) is 6.54 Å². The van der Waals surface area contributed by atoms with Crippen molar-refractivity contribution in [3.8, 4) is 5.75 Å². The lowest BCUT2D eigenvalue weighted by molar-refractivity contribution is 0.0961. The SMILES string of the molecule is Cc1nc(CN2CCC(Oc3cccc4[nH]ccc34)CC2)no1. The molecule has 0 bridgehead atoms. The van der Waals surface area contributed by atoms with E-state index in [0.717, 1.165) is 55.0 Å². The normalized spacial score (nSPS) is 16.9. The van der Waals surface area contributed by atoms with Gasteiger partial charge in [-0.05, 0) is 31.0 Å². The van der Waals surface area contributed by atoms with E-state index in [-0.39, 0.29) is 6.10 Å². The number of aromatic nitrogens is 3. The molecule has 0 radical (unpaired) electrons. The fraction of sp³-hybridized carbons (Fsp3) is 0.412. The van der Waals surface area contributed by atoms with E-state index in [1.807, 2.05) is 25.3 Å². The molecule has 0 atom stereocenters. The second-order valence-electron chi connectivity index (χ2n) is 6.02. The zero-order valence-corrected chi connectivity index (χ0v) is 13.2. The monoisotopic (exact) mass is 312 g/mol. The quantitative estimate of drug-likeness (QED) is 0.802. The first-order valence-electron chi connectivity index (χ1n) is 8.02. The number of piperidine rings is 1. The van der Waals surface area contributed by atoms with Crippen LogP contribution in [0.4, 0.5) is 0 Å². The van der Waals surface area contributed by atoms with Crippen LogP contribution in [-0.4, -0.2) is 39.2 Å². The summed E-state index contributed by atoms with van der Waals surface area (Å²) in [7, 11) is 0. The molecule has 1 aliphatic heterocycles. The number of nitrogens with one attached hydrogen (secondary N) is 1. The first-order valence-corrected chi connectivity index (χ1v) is 8.02. The van der Waals surface area contributed by atoms with Crippen LogP contribution >= 0.6 is 0 Å². The van der Waals surface area contributed by atoms with Crippen molar-refractivity contribution in [3.63, 3.8) is 0 Å². The van der Waals surface area contributed by atoms with Gasteiger partial charge in [0.2, 0.25) is 5.89 Å². The van der Waals surface area contributed by atoms with Crippen molar-refractivity contribution in [2.24, 2.45) is 0 Å². The number of benzene rings is 1. The Labute approximate surface area is 134 Å². The number of rotatable bonds is 4. The maximum Gasteiger partial charge on any atom is 0.223 e. The number of likely N-dealkylation sites (tertiary alicyclic amines) is 1. The Balaban J connectivity index is 1.35. The molecule has 3 heterocycles. The van der Waals surface area contributed by atoms with Crippen molar-refractivity contribution in [1.82, 2.24) is 20.0 Å². The first kappa shape index (κ1) is 14.3. The predicted octanol–water partition coefficient (Wildman–Crippen LogP) is 2.90. The summed E-state index contributed by atoms with van der Waals surface area (Å²) in [6.07, 6.45) is 4.24. The van der Waals surface area contributed by atoms with E-state index in [0.29, 0.717) is 5.89 Å². The average molecular weight is 312 g/mol. The van der Waals surface area contributed by atoms with Gasteiger partial charge in [0, 0.05) is 37.1 Å². The minimum Gasteiger partial charge on any atom is -0.490 e. The summed E-state index contributed by atoms with van der Waals surface area (Å²) in [5.74, 6) is 2.35. The second-order valence-corrected chi connectivity index (χ2v) is 6.02. The summed E-state index contributed by atoms with van der Waals surface area (Å²) in [4.78, 5) is 9.84. The van der Waals surface area contributed by atoms with Crippen LogP contribution in [-0.2, 0) is 6.54 Å². The number of ether oxygens (including phenoxy) is 1. The number of nitrogens with zero attached hydrogens (tertiary/aromatic N) is 3. The van der Waals surface area contributed by atoms with Crippen molar-refractivity contribution in [3.05, 3.63) is 42.2 Å². The molecule has 1 N–H and O–H groups in total. The summed E-state index contributed by atoms with van der Waals surface area (Å²) in [6.45, 7) is 4.54. The maximum atomic E-state index is 6.23. The first-order chi connectivity index (χ1) is 11.3. The molecule has 1 fully saturated rings. The van der Waals surface area contributed by atoms with Crippen molar-refractivity contribution in [2.75, 3.05) is 13.1 Å². The van der Waals surface area contributed by atoms with Crippen molar-refractivity contribution in [2.45, 2.75) is 32.4 Å². The number of fused-ring (bicyclic) bond motifs is 1. The molecule has 0 saturated carbocycles. The molecule has 0 unspecified atom stereocenters. The van der Waals surface area contributed by atoms with Gasteiger partial charge >= 0.3 is 0 Å². The van der Waals surface area contributed by atoms with E-state index in [2.05, 4.69) is 32.2 Å². The third-order valence-electron chi connectivity index (χ3n) is 4.32. The maximum absolute atomic E-state index is 6.23. The Bertz CT molecular complexity index is 787. The molecule has 2 aromatic heterocycles. The van der Waals surface area contributed by atoms with E-state index in [1.54, 1.807) is 0 Å². The molecule has 3 aromatic rings. The van der Waals surface area contributed by atoms with Crippen LogP contribution < -0.4 is 4.74 Å². The molecule has 6 nitrogen and oxygen atoms in total. The van der Waals surface area contributed by atoms with Crippen LogP contribution in [0.2, 0.25) is 0 Å². The van der Waals surface area contributed by atoms with Crippen molar-refractivity contribution in [1.29, 1.82) is 0 Å². The van der Waals surface area contributed by atoms with Gasteiger partial charge in [-0.15, -0.1) is 0 Å². The predicted molar refractivity (Wildman–Crippen MR) is 86.3 cm³/mol. The molecular weight excluding hydrogens is 292 g/mol. The second kappa shape index (κ2) is 6.04. The highest BCUT2D eigenvalue weighted by Gasteiger charge is 2.22. The average Bonchev–Trinajstić information content (AvgIpc) is 3.19. The Morgan fingerprint density at radius 1 is 1.30 bits per heavy atom. The lowest BCUT2D eigenvalue weighted by Crippen LogP contribution is -2.38. The third-order valence-corrected chi connectivity index (χ3v) is 4.32. The van der Waals surface area contributed by atoms with E-state index in [1.165, 1.54) is 0 Å². The fourth-order valence-corrected chi connectivity index (χ4v) is 3.13. The topological polar surface area (TPSA) is 67.2 Å². The number of hydrogen-bond acceptors (Lipinski definition) is 5. The fourth-order valence-electron chi connectivity index (χ4n) is 3.13. The van der Waals surface area contributed by atoms with Gasteiger partial charge in [-0.1, -0.05) is 11.2 Å². The van der Waals surface area contributed by atoms with Gasteiger partial charge in [0.25, 0.3) is 0 Å². The van der Waals surface area contributed by atoms with Gasteiger partial charge in [-0.25, -0.2) is 0 Å². The van der Waals surface area contributed by atoms with E-state index in [4.69, 9.17) is 9.26 Å². The Morgan fingerprint density at radius 2 is 2.17 bits per heavy atom. The van der Waals surface area contributed by atoms with E-state index in [9.17, 15) is 0 Å². The summed E-state index contributed by atoms with van der Waals surface area (Å²) in [5, 5.41) is 5.11. The minimum atomic E-state index is 0.263. The molecule has 4 rings (SSSR count). The highest BCUT2D eigenvalue weighted by Crippen LogP contribution is 2.27. The smallest absolute Gasteiger partial charge is 0.223 e. The molecule has 6 heteroatoms. The Kier molecular flexibility index (Phi) is 3.75. The van der Waals surface area contributed by atoms with Crippen LogP contribution in [0.15, 0.2) is 35.0 Å². The Hall–Kier alpha value is -2.34. The zero-order chi connectivity index (χ0) is 15.6. The van der Waals surface area contributed by atoms with Crippen LogP contribution in [0, 0.1) is 6.92 Å². The standard InChI is InChI=1S/C17H20N4O2/c1-12-19-17(20-23-12)11-21-9-6-13(7-10-21)22-16-4-2-3-15-14(16)5-8-18-15/h2-5,8,13,18H,6-7,9-11H2,1H3. The molecule has 1 saturated heterocycles. The van der Waals surface area contributed by atoms with Crippen LogP contribution in [0.25, 0.3) is 10.9 Å². The van der Waals surface area contributed by atoms with E-state index < -0.39 is 0 Å². The summed E-state index contributed by atoms with van der Waals surface area (Å²) >= 11 is 0. The summed E-state index contributed by atoms with van der Waals surface area (Å²) in [6, 6.07) is 8.21. The molecular formula is C17H20N4O2. The molecule has 0 spiro atoms. The minimum absolute atomic E-state index is 0.263. The van der Waals surface area contributed by atoms with Crippen LogP contribution in [0.5, 0.6) is 5.75 Å². The van der Waals surface area contributed by atoms with E-state index >= 15 is 0 Å². The number of aryl methyl sites for hydroxylation is 1. The molecule has 23 heavy (non-hydrogen) atoms. The summed E-state index contributed by atoms with van der Waals surface area (Å²) < 4.78 is 11.3. The van der Waals surface area contributed by atoms with Gasteiger partial charge < -0.3 is 14.2 Å². The van der Waals surface area contributed by atoms with Gasteiger partial charge in [-0.3, -0.25) is 4.90 Å². The van der Waals surface area contributed by atoms with Gasteiger partial charge in [-0.2, -0.15) is 4.98 Å². The van der Waals surface area contributed by atoms with Crippen LogP contribution in [0.1, 0.15) is 24.6 Å². The third kappa shape index (κ3) is 3.07. The molecule has 0 amide bonds. The van der Waals surface area contributed by atoms with Crippen LogP contribution in [0.3, 0.4) is 0 Å². The Morgan fingerprint density at radius 3 is 2.96 bits per heavy atom. The molecule has 1 aromatic carbocycles. The van der Waals surface area contributed by atoms with Gasteiger partial charge in [0.15, 0.2) is 5.82 Å². The summed E-state index contributed by atoms with van der Waals surface area (Å²) in [5.41, 5.74) is 1.12. The van der Waals surface area contributed by atoms with Gasteiger partial charge in [0.1, 0.15) is 11.9 Å².